The number of nitrogens with one attached hydrogen (secondary N) is 1. The molecular formula is C9H12N2O2. The minimum absolute atomic E-state index is 0.274. The van der Waals surface area contributed by atoms with Crippen LogP contribution in [0.2, 0.25) is 0 Å². The third-order valence-corrected chi connectivity index (χ3v) is 1.62. The van der Waals surface area contributed by atoms with Gasteiger partial charge in [-0.3, -0.25) is 0 Å². The van der Waals surface area contributed by atoms with Gasteiger partial charge in [0.1, 0.15) is 0 Å². The van der Waals surface area contributed by atoms with Gasteiger partial charge in [-0.2, -0.15) is 0 Å². The number of para-hydroxylation sites is 1. The average Bonchev–Trinajstić information content (AvgIpc) is 2.15. The second-order valence-corrected chi connectivity index (χ2v) is 2.57. The largest absolute Gasteiger partial charge is 0.478 e. The molecular weight excluding hydrogens is 168 g/mol. The molecule has 1 rings (SSSR count). The van der Waals surface area contributed by atoms with Gasteiger partial charge in [-0.15, -0.1) is 0 Å². The summed E-state index contributed by atoms with van der Waals surface area (Å²) in [5, 5.41) is 11.7. The average molecular weight is 180 g/mol. The van der Waals surface area contributed by atoms with Crippen molar-refractivity contribution in [3.63, 3.8) is 0 Å². The van der Waals surface area contributed by atoms with Crippen LogP contribution in [0.3, 0.4) is 0 Å². The summed E-state index contributed by atoms with van der Waals surface area (Å²) in [6.07, 6.45) is 0. The van der Waals surface area contributed by atoms with Crippen LogP contribution in [0, 0.1) is 0 Å². The van der Waals surface area contributed by atoms with Crippen molar-refractivity contribution < 1.29 is 9.90 Å². The Morgan fingerprint density at radius 1 is 1.46 bits per heavy atom. The summed E-state index contributed by atoms with van der Waals surface area (Å²) in [5.74, 6) is -0.930. The first-order valence-electron chi connectivity index (χ1n) is 4.02. The van der Waals surface area contributed by atoms with Crippen LogP contribution >= 0.6 is 0 Å². The van der Waals surface area contributed by atoms with E-state index in [4.69, 9.17) is 10.8 Å². The lowest BCUT2D eigenvalue weighted by Gasteiger charge is -2.07. The minimum atomic E-state index is -0.930. The lowest BCUT2D eigenvalue weighted by Crippen LogP contribution is -2.15. The van der Waals surface area contributed by atoms with E-state index in [0.717, 1.165) is 0 Å². The molecule has 0 aromatic heterocycles. The standard InChI is InChI=1S/C9H12N2O2/c10-5-6-11-8-4-2-1-3-7(8)9(12)13/h1-4,11H,5-6,10H2,(H,12,13). The van der Waals surface area contributed by atoms with Crippen LogP contribution in [0.1, 0.15) is 10.4 Å². The second-order valence-electron chi connectivity index (χ2n) is 2.57. The predicted octanol–water partition coefficient (Wildman–Crippen LogP) is 0.755. The predicted molar refractivity (Wildman–Crippen MR) is 50.9 cm³/mol. The maximum atomic E-state index is 10.7. The van der Waals surface area contributed by atoms with Gasteiger partial charge in [0.2, 0.25) is 0 Å². The zero-order chi connectivity index (χ0) is 9.68. The highest BCUT2D eigenvalue weighted by atomic mass is 16.4. The van der Waals surface area contributed by atoms with Gasteiger partial charge in [0, 0.05) is 18.8 Å². The summed E-state index contributed by atoms with van der Waals surface area (Å²) >= 11 is 0. The van der Waals surface area contributed by atoms with E-state index in [1.54, 1.807) is 24.3 Å². The summed E-state index contributed by atoms with van der Waals surface area (Å²) in [6, 6.07) is 6.75. The van der Waals surface area contributed by atoms with Gasteiger partial charge in [-0.25, -0.2) is 4.79 Å². The number of carboxylic acid groups (broad SMARTS) is 1. The summed E-state index contributed by atoms with van der Waals surface area (Å²) in [6.45, 7) is 1.05. The molecule has 0 heterocycles. The molecule has 0 atom stereocenters. The molecule has 70 valence electrons. The molecule has 0 aliphatic heterocycles. The van der Waals surface area contributed by atoms with Crippen LogP contribution in [-0.2, 0) is 0 Å². The molecule has 4 nitrogen and oxygen atoms in total. The maximum Gasteiger partial charge on any atom is 0.337 e. The van der Waals surface area contributed by atoms with Gasteiger partial charge in [-0.05, 0) is 12.1 Å². The Labute approximate surface area is 76.4 Å². The Morgan fingerprint density at radius 2 is 2.15 bits per heavy atom. The Bertz CT molecular complexity index is 299. The van der Waals surface area contributed by atoms with Crippen molar-refractivity contribution in [2.24, 2.45) is 5.73 Å². The summed E-state index contributed by atoms with van der Waals surface area (Å²) in [4.78, 5) is 10.7. The van der Waals surface area contributed by atoms with Crippen LogP contribution in [0.4, 0.5) is 5.69 Å². The molecule has 0 aliphatic carbocycles. The van der Waals surface area contributed by atoms with E-state index < -0.39 is 5.97 Å². The third-order valence-electron chi connectivity index (χ3n) is 1.62. The number of hydrogen-bond acceptors (Lipinski definition) is 3. The third kappa shape index (κ3) is 2.45. The molecule has 0 fully saturated rings. The minimum Gasteiger partial charge on any atom is -0.478 e. The number of aromatic carboxylic acids is 1. The molecule has 1 aromatic rings. The lowest BCUT2D eigenvalue weighted by molar-refractivity contribution is 0.0698. The zero-order valence-electron chi connectivity index (χ0n) is 7.16. The van der Waals surface area contributed by atoms with Crippen molar-refractivity contribution in [2.45, 2.75) is 0 Å². The van der Waals surface area contributed by atoms with Crippen LogP contribution in [0.25, 0.3) is 0 Å². The molecule has 0 unspecified atom stereocenters. The smallest absolute Gasteiger partial charge is 0.337 e. The summed E-state index contributed by atoms with van der Waals surface area (Å²) in [7, 11) is 0. The molecule has 4 N–H and O–H groups in total. The van der Waals surface area contributed by atoms with Crippen molar-refractivity contribution in [3.8, 4) is 0 Å². The van der Waals surface area contributed by atoms with E-state index in [2.05, 4.69) is 5.32 Å². The van der Waals surface area contributed by atoms with E-state index in [9.17, 15) is 4.79 Å². The molecule has 0 bridgehead atoms. The van der Waals surface area contributed by atoms with Crippen molar-refractivity contribution in [3.05, 3.63) is 29.8 Å². The number of rotatable bonds is 4. The quantitative estimate of drug-likeness (QED) is 0.639. The first-order valence-corrected chi connectivity index (χ1v) is 4.02. The van der Waals surface area contributed by atoms with Crippen molar-refractivity contribution in [2.75, 3.05) is 18.4 Å². The second kappa shape index (κ2) is 4.47. The number of nitrogens with two attached hydrogens (primary N) is 1. The molecule has 0 amide bonds. The van der Waals surface area contributed by atoms with Gasteiger partial charge in [-0.1, -0.05) is 12.1 Å². The first-order chi connectivity index (χ1) is 6.25. The maximum absolute atomic E-state index is 10.7. The Morgan fingerprint density at radius 3 is 2.77 bits per heavy atom. The highest BCUT2D eigenvalue weighted by Crippen LogP contribution is 2.13. The molecule has 0 saturated heterocycles. The monoisotopic (exact) mass is 180 g/mol. The van der Waals surface area contributed by atoms with Gasteiger partial charge in [0.15, 0.2) is 0 Å². The normalized spacial score (nSPS) is 9.62. The van der Waals surface area contributed by atoms with E-state index in [0.29, 0.717) is 18.8 Å². The summed E-state index contributed by atoms with van der Waals surface area (Å²) in [5.41, 5.74) is 6.18. The van der Waals surface area contributed by atoms with Crippen LogP contribution < -0.4 is 11.1 Å². The van der Waals surface area contributed by atoms with E-state index in [-0.39, 0.29) is 5.56 Å². The van der Waals surface area contributed by atoms with Gasteiger partial charge in [0.05, 0.1) is 5.56 Å². The van der Waals surface area contributed by atoms with Gasteiger partial charge in [0.25, 0.3) is 0 Å². The molecule has 0 saturated carbocycles. The molecule has 13 heavy (non-hydrogen) atoms. The van der Waals surface area contributed by atoms with Crippen molar-refractivity contribution >= 4 is 11.7 Å². The first kappa shape index (κ1) is 9.54. The summed E-state index contributed by atoms with van der Waals surface area (Å²) < 4.78 is 0. The fraction of sp³-hybridized carbons (Fsp3) is 0.222. The van der Waals surface area contributed by atoms with Crippen LogP contribution in [0.15, 0.2) is 24.3 Å². The lowest BCUT2D eigenvalue weighted by atomic mass is 10.2. The zero-order valence-corrected chi connectivity index (χ0v) is 7.16. The van der Waals surface area contributed by atoms with Gasteiger partial charge >= 0.3 is 5.97 Å². The van der Waals surface area contributed by atoms with E-state index in [1.807, 2.05) is 0 Å². The molecule has 0 aliphatic rings. The molecule has 4 heteroatoms. The number of hydrogen-bond donors (Lipinski definition) is 3. The Balaban J connectivity index is 2.84. The SMILES string of the molecule is NCCNc1ccccc1C(=O)O. The highest BCUT2D eigenvalue weighted by molar-refractivity contribution is 5.94. The van der Waals surface area contributed by atoms with E-state index >= 15 is 0 Å². The molecule has 1 aromatic carbocycles. The topological polar surface area (TPSA) is 75.3 Å². The number of carboxylic acids is 1. The number of anilines is 1. The fourth-order valence-corrected chi connectivity index (χ4v) is 1.03. The fourth-order valence-electron chi connectivity index (χ4n) is 1.03. The molecule has 0 spiro atoms. The van der Waals surface area contributed by atoms with Crippen LogP contribution in [0.5, 0.6) is 0 Å². The van der Waals surface area contributed by atoms with Crippen LogP contribution in [-0.4, -0.2) is 24.2 Å². The number of benzene rings is 1. The molecule has 0 radical (unpaired) electrons. The Hall–Kier alpha value is -1.55. The van der Waals surface area contributed by atoms with Gasteiger partial charge < -0.3 is 16.2 Å². The number of carbonyl (C=O) groups is 1. The van der Waals surface area contributed by atoms with Crippen molar-refractivity contribution in [1.82, 2.24) is 0 Å². The Kier molecular flexibility index (Phi) is 3.28. The highest BCUT2D eigenvalue weighted by Gasteiger charge is 2.07. The van der Waals surface area contributed by atoms with E-state index in [1.165, 1.54) is 0 Å². The van der Waals surface area contributed by atoms with Crippen molar-refractivity contribution in [1.29, 1.82) is 0 Å².